The number of piperidine rings is 1. The normalized spacial score (nSPS) is 17.9. The number of rotatable bonds is 6. The van der Waals surface area contributed by atoms with E-state index in [2.05, 4.69) is 11.3 Å². The van der Waals surface area contributed by atoms with Crippen molar-refractivity contribution in [3.05, 3.63) is 36.5 Å². The van der Waals surface area contributed by atoms with Crippen LogP contribution in [0.2, 0.25) is 0 Å². The third-order valence-electron chi connectivity index (χ3n) is 3.83. The van der Waals surface area contributed by atoms with Gasteiger partial charge in [0.05, 0.1) is 19.1 Å². The van der Waals surface area contributed by atoms with Gasteiger partial charge in [0, 0.05) is 13.1 Å². The molecule has 1 saturated heterocycles. The molecule has 0 saturated carbocycles. The SMILES string of the molecule is C=C/C=C\C(=C/C)COC(=O)N1CCC(O)(CC(=O)OC)CC1. The van der Waals surface area contributed by atoms with Crippen molar-refractivity contribution in [2.24, 2.45) is 0 Å². The summed E-state index contributed by atoms with van der Waals surface area (Å²) in [7, 11) is 1.29. The summed E-state index contributed by atoms with van der Waals surface area (Å²) >= 11 is 0. The second-order valence-corrected chi connectivity index (χ2v) is 5.48. The molecule has 0 aromatic rings. The lowest BCUT2D eigenvalue weighted by Crippen LogP contribution is -2.47. The first-order chi connectivity index (χ1) is 10.9. The number of carbonyl (C=O) groups excluding carboxylic acids is 2. The fourth-order valence-corrected chi connectivity index (χ4v) is 2.28. The number of hydrogen-bond donors (Lipinski definition) is 1. The number of amides is 1. The van der Waals surface area contributed by atoms with Crippen LogP contribution in [-0.4, -0.2) is 54.5 Å². The Kier molecular flexibility index (Phi) is 7.54. The molecular weight excluding hydrogens is 298 g/mol. The van der Waals surface area contributed by atoms with Gasteiger partial charge >= 0.3 is 12.1 Å². The molecule has 0 radical (unpaired) electrons. The Balaban J connectivity index is 2.44. The first-order valence-corrected chi connectivity index (χ1v) is 7.59. The maximum absolute atomic E-state index is 12.0. The lowest BCUT2D eigenvalue weighted by molar-refractivity contribution is -0.147. The van der Waals surface area contributed by atoms with Crippen LogP contribution in [0.1, 0.15) is 26.2 Å². The summed E-state index contributed by atoms with van der Waals surface area (Å²) in [5, 5.41) is 10.3. The second kappa shape index (κ2) is 9.15. The number of methoxy groups -OCH3 is 1. The van der Waals surface area contributed by atoms with Crippen molar-refractivity contribution in [2.45, 2.75) is 31.8 Å². The molecule has 1 rings (SSSR count). The van der Waals surface area contributed by atoms with Gasteiger partial charge in [-0.15, -0.1) is 0 Å². The fraction of sp³-hybridized carbons (Fsp3) is 0.529. The van der Waals surface area contributed by atoms with E-state index in [1.165, 1.54) is 12.0 Å². The zero-order chi connectivity index (χ0) is 17.3. The summed E-state index contributed by atoms with van der Waals surface area (Å²) in [6.07, 6.45) is 7.28. The zero-order valence-corrected chi connectivity index (χ0v) is 13.8. The Bertz CT molecular complexity index is 487. The van der Waals surface area contributed by atoms with Gasteiger partial charge in [0.2, 0.25) is 0 Å². The molecule has 0 spiro atoms. The van der Waals surface area contributed by atoms with Gasteiger partial charge in [-0.2, -0.15) is 0 Å². The lowest BCUT2D eigenvalue weighted by Gasteiger charge is -2.36. The quantitative estimate of drug-likeness (QED) is 0.599. The number of ether oxygens (including phenoxy) is 2. The third kappa shape index (κ3) is 6.28. The molecule has 6 heteroatoms. The predicted molar refractivity (Wildman–Crippen MR) is 86.8 cm³/mol. The minimum absolute atomic E-state index is 0.0541. The number of hydrogen-bond acceptors (Lipinski definition) is 5. The van der Waals surface area contributed by atoms with E-state index in [9.17, 15) is 14.7 Å². The van der Waals surface area contributed by atoms with Gasteiger partial charge in [-0.05, 0) is 25.3 Å². The van der Waals surface area contributed by atoms with Crippen molar-refractivity contribution in [1.82, 2.24) is 4.90 Å². The van der Waals surface area contributed by atoms with Gasteiger partial charge in [-0.3, -0.25) is 4.79 Å². The number of nitrogens with zero attached hydrogens (tertiary/aromatic N) is 1. The minimum Gasteiger partial charge on any atom is -0.469 e. The average molecular weight is 323 g/mol. The molecule has 1 fully saturated rings. The average Bonchev–Trinajstić information content (AvgIpc) is 2.55. The van der Waals surface area contributed by atoms with Crippen molar-refractivity contribution in [2.75, 3.05) is 26.8 Å². The van der Waals surface area contributed by atoms with Gasteiger partial charge in [0.1, 0.15) is 6.61 Å². The smallest absolute Gasteiger partial charge is 0.410 e. The summed E-state index contributed by atoms with van der Waals surface area (Å²) in [6.45, 7) is 6.33. The van der Waals surface area contributed by atoms with E-state index < -0.39 is 17.7 Å². The summed E-state index contributed by atoms with van der Waals surface area (Å²) in [5.74, 6) is -0.449. The van der Waals surface area contributed by atoms with E-state index >= 15 is 0 Å². The van der Waals surface area contributed by atoms with Crippen LogP contribution in [0.5, 0.6) is 0 Å². The zero-order valence-electron chi connectivity index (χ0n) is 13.8. The molecule has 6 nitrogen and oxygen atoms in total. The van der Waals surface area contributed by atoms with Crippen LogP contribution in [0, 0.1) is 0 Å². The molecule has 0 unspecified atom stereocenters. The molecule has 1 aliphatic rings. The molecular formula is C17H25NO5. The van der Waals surface area contributed by atoms with Crippen molar-refractivity contribution in [3.8, 4) is 0 Å². The van der Waals surface area contributed by atoms with Gasteiger partial charge in [0.25, 0.3) is 0 Å². The molecule has 1 heterocycles. The number of carbonyl (C=O) groups is 2. The van der Waals surface area contributed by atoms with E-state index in [4.69, 9.17) is 4.74 Å². The highest BCUT2D eigenvalue weighted by Gasteiger charge is 2.36. The molecule has 0 aromatic carbocycles. The van der Waals surface area contributed by atoms with E-state index in [1.54, 1.807) is 12.2 Å². The highest BCUT2D eigenvalue weighted by Crippen LogP contribution is 2.26. The highest BCUT2D eigenvalue weighted by atomic mass is 16.6. The van der Waals surface area contributed by atoms with Crippen molar-refractivity contribution in [3.63, 3.8) is 0 Å². The fourth-order valence-electron chi connectivity index (χ4n) is 2.28. The first-order valence-electron chi connectivity index (χ1n) is 7.59. The summed E-state index contributed by atoms with van der Waals surface area (Å²) in [4.78, 5) is 24.9. The second-order valence-electron chi connectivity index (χ2n) is 5.48. The van der Waals surface area contributed by atoms with Gasteiger partial charge in [-0.25, -0.2) is 4.79 Å². The number of likely N-dealkylation sites (tertiary alicyclic amines) is 1. The molecule has 1 N–H and O–H groups in total. The lowest BCUT2D eigenvalue weighted by atomic mass is 9.88. The molecule has 23 heavy (non-hydrogen) atoms. The number of allylic oxidation sites excluding steroid dienone is 3. The summed E-state index contributed by atoms with van der Waals surface area (Å²) < 4.78 is 9.84. The van der Waals surface area contributed by atoms with Crippen LogP contribution in [0.25, 0.3) is 0 Å². The predicted octanol–water partition coefficient (Wildman–Crippen LogP) is 2.20. The van der Waals surface area contributed by atoms with Crippen molar-refractivity contribution < 1.29 is 24.2 Å². The van der Waals surface area contributed by atoms with Crippen LogP contribution in [-0.2, 0) is 14.3 Å². The molecule has 128 valence electrons. The van der Waals surface area contributed by atoms with Crippen molar-refractivity contribution >= 4 is 12.1 Å². The third-order valence-corrected chi connectivity index (χ3v) is 3.83. The van der Waals surface area contributed by atoms with Gasteiger partial charge < -0.3 is 19.5 Å². The Morgan fingerprint density at radius 2 is 2.00 bits per heavy atom. The monoisotopic (exact) mass is 323 g/mol. The van der Waals surface area contributed by atoms with E-state index in [0.717, 1.165) is 5.57 Å². The van der Waals surface area contributed by atoms with Gasteiger partial charge in [0.15, 0.2) is 0 Å². The molecule has 0 atom stereocenters. The van der Waals surface area contributed by atoms with Crippen LogP contribution in [0.4, 0.5) is 4.79 Å². The number of esters is 1. The largest absolute Gasteiger partial charge is 0.469 e. The standard InChI is InChI=1S/C17H25NO5/c1-4-6-7-14(5-2)13-23-16(20)18-10-8-17(21,9-11-18)12-15(19)22-3/h4-7,21H,1,8-13H2,2-3H3/b7-6-,14-5+. The Morgan fingerprint density at radius 3 is 2.52 bits per heavy atom. The topological polar surface area (TPSA) is 76.1 Å². The maximum Gasteiger partial charge on any atom is 0.410 e. The molecule has 1 aliphatic heterocycles. The molecule has 0 aliphatic carbocycles. The van der Waals surface area contributed by atoms with Crippen LogP contribution in [0.15, 0.2) is 36.5 Å². The van der Waals surface area contributed by atoms with E-state index in [-0.39, 0.29) is 13.0 Å². The van der Waals surface area contributed by atoms with Gasteiger partial charge in [-0.1, -0.05) is 30.9 Å². The minimum atomic E-state index is -1.11. The van der Waals surface area contributed by atoms with Crippen molar-refractivity contribution in [1.29, 1.82) is 0 Å². The van der Waals surface area contributed by atoms with E-state index in [0.29, 0.717) is 25.9 Å². The molecule has 0 aromatic heterocycles. The van der Waals surface area contributed by atoms with Crippen LogP contribution in [0.3, 0.4) is 0 Å². The Labute approximate surface area is 137 Å². The first kappa shape index (κ1) is 19.0. The Morgan fingerprint density at radius 1 is 1.35 bits per heavy atom. The Hall–Kier alpha value is -2.08. The summed E-state index contributed by atoms with van der Waals surface area (Å²) in [5.41, 5.74) is -0.233. The van der Waals surface area contributed by atoms with Crippen LogP contribution < -0.4 is 0 Å². The molecule has 0 bridgehead atoms. The number of aliphatic hydroxyl groups is 1. The van der Waals surface area contributed by atoms with Crippen LogP contribution >= 0.6 is 0 Å². The van der Waals surface area contributed by atoms with E-state index in [1.807, 2.05) is 19.1 Å². The molecule has 1 amide bonds. The highest BCUT2D eigenvalue weighted by molar-refractivity contribution is 5.71. The maximum atomic E-state index is 12.0. The summed E-state index contributed by atoms with van der Waals surface area (Å²) in [6, 6.07) is 0.